The number of nitrogens with zero attached hydrogens (tertiary/aromatic N) is 2. The number of ether oxygens (including phenoxy) is 2. The molecule has 1 aromatic carbocycles. The molecule has 3 rings (SSSR count). The molecule has 0 N–H and O–H groups in total. The van der Waals surface area contributed by atoms with Crippen molar-refractivity contribution in [3.05, 3.63) is 27.2 Å². The van der Waals surface area contributed by atoms with Crippen LogP contribution in [0.2, 0.25) is 5.02 Å². The average molecular weight is 474 g/mol. The van der Waals surface area contributed by atoms with Crippen molar-refractivity contribution >= 4 is 39.3 Å². The van der Waals surface area contributed by atoms with E-state index in [1.165, 1.54) is 11.3 Å². The largest absolute Gasteiger partial charge is 0.444 e. The molecule has 5 nitrogen and oxygen atoms in total. The van der Waals surface area contributed by atoms with Gasteiger partial charge in [-0.15, -0.1) is 0 Å². The molecule has 2 aliphatic heterocycles. The van der Waals surface area contributed by atoms with Crippen molar-refractivity contribution in [1.82, 2.24) is 4.90 Å². The van der Waals surface area contributed by atoms with Crippen LogP contribution in [0.3, 0.4) is 0 Å². The molecule has 7 heteroatoms. The third-order valence-corrected chi connectivity index (χ3v) is 6.29. The van der Waals surface area contributed by atoms with E-state index in [0.717, 1.165) is 35.3 Å². The van der Waals surface area contributed by atoms with Gasteiger partial charge in [0.1, 0.15) is 5.60 Å². The van der Waals surface area contributed by atoms with E-state index in [1.54, 1.807) is 7.11 Å². The minimum absolute atomic E-state index is 0.198. The van der Waals surface area contributed by atoms with Gasteiger partial charge < -0.3 is 14.4 Å². The van der Waals surface area contributed by atoms with E-state index in [2.05, 4.69) is 33.8 Å². The number of aryl methyl sites for hydroxylation is 1. The zero-order chi connectivity index (χ0) is 20.7. The van der Waals surface area contributed by atoms with Crippen molar-refractivity contribution in [3.8, 4) is 0 Å². The summed E-state index contributed by atoms with van der Waals surface area (Å²) in [6.07, 6.45) is 2.64. The third kappa shape index (κ3) is 4.44. The first-order valence-corrected chi connectivity index (χ1v) is 11.0. The molecule has 0 radical (unpaired) electrons. The monoisotopic (exact) mass is 472 g/mol. The van der Waals surface area contributed by atoms with Crippen LogP contribution in [0.5, 0.6) is 0 Å². The first-order valence-electron chi connectivity index (χ1n) is 9.78. The Labute approximate surface area is 181 Å². The summed E-state index contributed by atoms with van der Waals surface area (Å²) in [6, 6.07) is 4.21. The van der Waals surface area contributed by atoms with Crippen LogP contribution >= 0.6 is 27.5 Å². The van der Waals surface area contributed by atoms with Crippen LogP contribution in [0.25, 0.3) is 0 Å². The number of anilines is 1. The van der Waals surface area contributed by atoms with Crippen LogP contribution < -0.4 is 4.90 Å². The Morgan fingerprint density at radius 1 is 1.39 bits per heavy atom. The molecule has 2 heterocycles. The van der Waals surface area contributed by atoms with E-state index < -0.39 is 11.1 Å². The van der Waals surface area contributed by atoms with Crippen molar-refractivity contribution in [2.24, 2.45) is 0 Å². The first kappa shape index (κ1) is 21.7. The number of fused-ring (bicyclic) bond motifs is 1. The van der Waals surface area contributed by atoms with Gasteiger partial charge in [0.2, 0.25) is 0 Å². The normalized spacial score (nSPS) is 25.0. The van der Waals surface area contributed by atoms with Crippen LogP contribution in [-0.2, 0) is 15.9 Å². The number of benzene rings is 1. The van der Waals surface area contributed by atoms with Gasteiger partial charge in [-0.1, -0.05) is 11.6 Å². The van der Waals surface area contributed by atoms with Gasteiger partial charge in [-0.3, -0.25) is 4.90 Å². The highest BCUT2D eigenvalue weighted by Crippen LogP contribution is 2.42. The fourth-order valence-electron chi connectivity index (χ4n) is 4.43. The molecular weight excluding hydrogens is 444 g/mol. The number of carbonyl (C=O) groups is 1. The number of rotatable bonds is 3. The summed E-state index contributed by atoms with van der Waals surface area (Å²) in [5, 5.41) is 0.749. The highest BCUT2D eigenvalue weighted by atomic mass is 79.9. The Bertz CT molecular complexity index is 752. The highest BCUT2D eigenvalue weighted by molar-refractivity contribution is 9.10. The maximum absolute atomic E-state index is 12.9. The molecule has 1 amide bonds. The smallest absolute Gasteiger partial charge is 0.410 e. The lowest BCUT2D eigenvalue weighted by Gasteiger charge is -2.37. The van der Waals surface area contributed by atoms with E-state index in [1.807, 2.05) is 31.7 Å². The van der Waals surface area contributed by atoms with E-state index in [9.17, 15) is 4.79 Å². The van der Waals surface area contributed by atoms with Gasteiger partial charge in [-0.05, 0) is 80.6 Å². The summed E-state index contributed by atoms with van der Waals surface area (Å²) >= 11 is 9.98. The van der Waals surface area contributed by atoms with Crippen LogP contribution in [-0.4, -0.2) is 55.0 Å². The van der Waals surface area contributed by atoms with E-state index >= 15 is 0 Å². The molecular formula is C21H30BrClN2O3. The summed E-state index contributed by atoms with van der Waals surface area (Å²) in [5.74, 6) is 0. The topological polar surface area (TPSA) is 42.0 Å². The van der Waals surface area contributed by atoms with Crippen molar-refractivity contribution in [2.75, 3.05) is 31.7 Å². The molecule has 0 unspecified atom stereocenters. The summed E-state index contributed by atoms with van der Waals surface area (Å²) in [7, 11) is 1.68. The molecule has 0 bridgehead atoms. The molecule has 1 aromatic rings. The fraction of sp³-hybridized carbons (Fsp3) is 0.667. The zero-order valence-corrected chi connectivity index (χ0v) is 19.7. The van der Waals surface area contributed by atoms with Crippen molar-refractivity contribution < 1.29 is 14.3 Å². The summed E-state index contributed by atoms with van der Waals surface area (Å²) in [5.41, 5.74) is 1.53. The van der Waals surface area contributed by atoms with Gasteiger partial charge in [0.25, 0.3) is 0 Å². The number of carbonyl (C=O) groups excluding carboxylic acids is 1. The van der Waals surface area contributed by atoms with Gasteiger partial charge >= 0.3 is 6.09 Å². The number of hydrogen-bond donors (Lipinski definition) is 0. The molecule has 0 aliphatic carbocycles. The second kappa shape index (κ2) is 8.04. The van der Waals surface area contributed by atoms with Gasteiger partial charge in [0.05, 0.1) is 17.8 Å². The van der Waals surface area contributed by atoms with E-state index in [0.29, 0.717) is 13.2 Å². The van der Waals surface area contributed by atoms with Crippen molar-refractivity contribution in [2.45, 2.75) is 64.1 Å². The maximum atomic E-state index is 12.9. The maximum Gasteiger partial charge on any atom is 0.410 e. The quantitative estimate of drug-likeness (QED) is 0.600. The lowest BCUT2D eigenvalue weighted by molar-refractivity contribution is -0.00566. The van der Waals surface area contributed by atoms with E-state index in [-0.39, 0.29) is 12.1 Å². The number of halogens is 2. The Balaban J connectivity index is 1.90. The predicted molar refractivity (Wildman–Crippen MR) is 116 cm³/mol. The van der Waals surface area contributed by atoms with Crippen molar-refractivity contribution in [1.29, 1.82) is 0 Å². The molecule has 0 aromatic heterocycles. The zero-order valence-electron chi connectivity index (χ0n) is 17.3. The predicted octanol–water partition coefficient (Wildman–Crippen LogP) is 5.27. The molecule has 0 spiro atoms. The first-order chi connectivity index (χ1) is 13.0. The fourth-order valence-corrected chi connectivity index (χ4v) is 5.53. The van der Waals surface area contributed by atoms with Crippen molar-refractivity contribution in [3.63, 3.8) is 0 Å². The lowest BCUT2D eigenvalue weighted by atomic mass is 9.95. The summed E-state index contributed by atoms with van der Waals surface area (Å²) < 4.78 is 12.2. The van der Waals surface area contributed by atoms with Gasteiger partial charge in [-0.25, -0.2) is 4.79 Å². The standard InChI is InChI=1S/C21H30BrClN2O3/c1-20(2,3)28-19(26)25-12-16(11-21(25,4)13-27-5)24-8-6-7-14-9-15(23)10-17(22)18(14)24/h9-10,16H,6-8,11-13H2,1-5H3/t16-,21+/m0/s1. The van der Waals surface area contributed by atoms with Crippen LogP contribution in [0, 0.1) is 0 Å². The second-order valence-electron chi connectivity index (χ2n) is 9.07. The number of amides is 1. The molecule has 2 atom stereocenters. The average Bonchev–Trinajstić information content (AvgIpc) is 2.90. The third-order valence-electron chi connectivity index (χ3n) is 5.47. The summed E-state index contributed by atoms with van der Waals surface area (Å²) in [6.45, 7) is 9.83. The van der Waals surface area contributed by atoms with Crippen LogP contribution in [0.1, 0.15) is 46.1 Å². The Hall–Kier alpha value is -0.980. The number of hydrogen-bond acceptors (Lipinski definition) is 4. The molecule has 28 heavy (non-hydrogen) atoms. The molecule has 0 saturated carbocycles. The van der Waals surface area contributed by atoms with Crippen LogP contribution in [0.15, 0.2) is 16.6 Å². The molecule has 156 valence electrons. The van der Waals surface area contributed by atoms with Crippen LogP contribution in [0.4, 0.5) is 10.5 Å². The SMILES string of the molecule is COC[C@@]1(C)C[C@H](N2CCCc3cc(Cl)cc(Br)c32)CN1C(=O)OC(C)(C)C. The van der Waals surface area contributed by atoms with Gasteiger partial charge in [0.15, 0.2) is 0 Å². The minimum Gasteiger partial charge on any atom is -0.444 e. The van der Waals surface area contributed by atoms with Gasteiger partial charge in [0, 0.05) is 35.7 Å². The molecule has 1 fully saturated rings. The van der Waals surface area contributed by atoms with Gasteiger partial charge in [-0.2, -0.15) is 0 Å². The number of likely N-dealkylation sites (tertiary alicyclic amines) is 1. The Kier molecular flexibility index (Phi) is 6.23. The van der Waals surface area contributed by atoms with E-state index in [4.69, 9.17) is 21.1 Å². The number of methoxy groups -OCH3 is 1. The Morgan fingerprint density at radius 3 is 2.75 bits per heavy atom. The second-order valence-corrected chi connectivity index (χ2v) is 10.4. The molecule has 1 saturated heterocycles. The lowest BCUT2D eigenvalue weighted by Crippen LogP contribution is -2.49. The highest BCUT2D eigenvalue weighted by Gasteiger charge is 2.48. The summed E-state index contributed by atoms with van der Waals surface area (Å²) in [4.78, 5) is 17.2. The Morgan fingerprint density at radius 2 is 2.11 bits per heavy atom. The minimum atomic E-state index is -0.527. The molecule has 2 aliphatic rings.